The lowest BCUT2D eigenvalue weighted by molar-refractivity contribution is 0.0896. The molecule has 0 aromatic carbocycles. The Morgan fingerprint density at radius 3 is 2.00 bits per heavy atom. The van der Waals surface area contributed by atoms with E-state index in [4.69, 9.17) is 0 Å². The minimum atomic E-state index is -0.546. The van der Waals surface area contributed by atoms with Gasteiger partial charge in [-0.1, -0.05) is 13.8 Å². The number of aliphatic hydroxyl groups excluding tert-OH is 1. The summed E-state index contributed by atoms with van der Waals surface area (Å²) < 4.78 is -0.352. The molecule has 0 aromatic heterocycles. The molecule has 0 spiro atoms. The number of nitrogens with one attached hydrogen (secondary N) is 1. The Kier molecular flexibility index (Phi) is 3.70. The summed E-state index contributed by atoms with van der Waals surface area (Å²) in [6, 6.07) is 0. The summed E-state index contributed by atoms with van der Waals surface area (Å²) in [5.41, 5.74) is 0. The van der Waals surface area contributed by atoms with Crippen LogP contribution in [0.4, 0.5) is 0 Å². The smallest absolute Gasteiger partial charge is 0.119 e. The summed E-state index contributed by atoms with van der Waals surface area (Å²) >= 11 is 4.34. The Bertz CT molecular complexity index is 104. The molecule has 0 saturated heterocycles. The molecule has 0 aliphatic rings. The summed E-state index contributed by atoms with van der Waals surface area (Å²) in [5, 5.41) is 12.1. The van der Waals surface area contributed by atoms with Crippen molar-refractivity contribution in [3.63, 3.8) is 0 Å². The van der Waals surface area contributed by atoms with Crippen molar-refractivity contribution < 1.29 is 5.11 Å². The highest BCUT2D eigenvalue weighted by atomic mass is 32.1. The van der Waals surface area contributed by atoms with Gasteiger partial charge in [-0.15, -0.1) is 0 Å². The minimum absolute atomic E-state index is 0.346. The maximum atomic E-state index is 9.37. The van der Waals surface area contributed by atoms with Crippen molar-refractivity contribution in [2.75, 3.05) is 7.05 Å². The van der Waals surface area contributed by atoms with Gasteiger partial charge in [0.15, 0.2) is 0 Å². The molecule has 2 N–H and O–H groups in total. The first-order valence-corrected chi connectivity index (χ1v) is 3.95. The van der Waals surface area contributed by atoms with E-state index in [9.17, 15) is 5.11 Å². The van der Waals surface area contributed by atoms with Crippen molar-refractivity contribution in [1.82, 2.24) is 5.32 Å². The third-order valence-electron chi connectivity index (χ3n) is 2.00. The van der Waals surface area contributed by atoms with Crippen molar-refractivity contribution in [3.8, 4) is 0 Å². The fourth-order valence-corrected chi connectivity index (χ4v) is 0.737. The molecular weight excluding hydrogens is 146 g/mol. The van der Waals surface area contributed by atoms with Gasteiger partial charge >= 0.3 is 0 Å². The maximum Gasteiger partial charge on any atom is 0.119 e. The van der Waals surface area contributed by atoms with E-state index >= 15 is 0 Å². The quantitative estimate of drug-likeness (QED) is 0.426. The Labute approximate surface area is 68.4 Å². The second-order valence-electron chi connectivity index (χ2n) is 3.07. The average Bonchev–Trinajstić information content (AvgIpc) is 1.86. The number of hydrogen-bond donors (Lipinski definition) is 3. The molecule has 0 amide bonds. The maximum absolute atomic E-state index is 9.37. The molecule has 0 heterocycles. The van der Waals surface area contributed by atoms with Crippen LogP contribution in [0, 0.1) is 5.92 Å². The highest BCUT2D eigenvalue weighted by Crippen LogP contribution is 2.26. The van der Waals surface area contributed by atoms with Gasteiger partial charge in [0.1, 0.15) is 6.23 Å². The van der Waals surface area contributed by atoms with Crippen LogP contribution in [0.5, 0.6) is 0 Å². The fourth-order valence-electron chi connectivity index (χ4n) is 0.608. The van der Waals surface area contributed by atoms with E-state index < -0.39 is 6.23 Å². The number of thiol groups is 1. The summed E-state index contributed by atoms with van der Waals surface area (Å²) in [6.45, 7) is 5.99. The van der Waals surface area contributed by atoms with Crippen LogP contribution in [0.25, 0.3) is 0 Å². The van der Waals surface area contributed by atoms with Crippen LogP contribution in [-0.4, -0.2) is 23.1 Å². The largest absolute Gasteiger partial charge is 0.377 e. The lowest BCUT2D eigenvalue weighted by atomic mass is 9.95. The molecule has 0 radical (unpaired) electrons. The lowest BCUT2D eigenvalue weighted by Crippen LogP contribution is -2.46. The predicted molar refractivity (Wildman–Crippen MR) is 47.3 cm³/mol. The molecule has 0 aliphatic heterocycles. The molecule has 2 nitrogen and oxygen atoms in total. The van der Waals surface area contributed by atoms with E-state index in [1.54, 1.807) is 7.05 Å². The summed E-state index contributed by atoms with van der Waals surface area (Å²) in [5.74, 6) is 0.346. The zero-order valence-electron chi connectivity index (χ0n) is 7.05. The normalized spacial score (nSPS) is 20.7. The lowest BCUT2D eigenvalue weighted by Gasteiger charge is -2.32. The van der Waals surface area contributed by atoms with E-state index in [1.165, 1.54) is 0 Å². The Morgan fingerprint density at radius 2 is 1.90 bits per heavy atom. The molecule has 3 heteroatoms. The standard InChI is InChI=1S/C7H17NOS/c1-5(2)7(3,10)6(9)8-4/h5-6,8-10H,1-4H3. The summed E-state index contributed by atoms with van der Waals surface area (Å²) in [6.07, 6.45) is -0.546. The van der Waals surface area contributed by atoms with Gasteiger partial charge in [-0.05, 0) is 19.9 Å². The highest BCUT2D eigenvalue weighted by Gasteiger charge is 2.30. The van der Waals surface area contributed by atoms with Gasteiger partial charge in [-0.25, -0.2) is 0 Å². The average molecular weight is 163 g/mol. The van der Waals surface area contributed by atoms with Gasteiger partial charge < -0.3 is 5.11 Å². The Hall–Kier alpha value is 0.270. The van der Waals surface area contributed by atoms with E-state index in [1.807, 2.05) is 20.8 Å². The highest BCUT2D eigenvalue weighted by molar-refractivity contribution is 7.81. The van der Waals surface area contributed by atoms with Crippen LogP contribution in [0.3, 0.4) is 0 Å². The molecule has 0 saturated carbocycles. The molecular formula is C7H17NOS. The third-order valence-corrected chi connectivity index (χ3v) is 2.76. The predicted octanol–water partition coefficient (Wildman–Crippen LogP) is 0.869. The SMILES string of the molecule is CNC(O)C(C)(S)C(C)C. The first-order valence-electron chi connectivity index (χ1n) is 3.50. The first-order chi connectivity index (χ1) is 4.42. The topological polar surface area (TPSA) is 32.3 Å². The third kappa shape index (κ3) is 2.15. The summed E-state index contributed by atoms with van der Waals surface area (Å²) in [7, 11) is 1.72. The molecule has 0 aliphatic carbocycles. The van der Waals surface area contributed by atoms with Gasteiger partial charge in [0.05, 0.1) is 4.75 Å². The molecule has 0 bridgehead atoms. The van der Waals surface area contributed by atoms with Crippen LogP contribution >= 0.6 is 12.6 Å². The number of aliphatic hydroxyl groups is 1. The van der Waals surface area contributed by atoms with Crippen molar-refractivity contribution >= 4 is 12.6 Å². The van der Waals surface area contributed by atoms with Crippen molar-refractivity contribution in [2.24, 2.45) is 5.92 Å². The number of rotatable bonds is 3. The van der Waals surface area contributed by atoms with Crippen LogP contribution in [0.15, 0.2) is 0 Å². The van der Waals surface area contributed by atoms with Crippen molar-refractivity contribution in [2.45, 2.75) is 31.7 Å². The minimum Gasteiger partial charge on any atom is -0.377 e. The fraction of sp³-hybridized carbons (Fsp3) is 1.00. The van der Waals surface area contributed by atoms with E-state index in [0.29, 0.717) is 5.92 Å². The van der Waals surface area contributed by atoms with Gasteiger partial charge in [0, 0.05) is 0 Å². The molecule has 2 atom stereocenters. The van der Waals surface area contributed by atoms with Crippen LogP contribution in [0.2, 0.25) is 0 Å². The van der Waals surface area contributed by atoms with E-state index in [2.05, 4.69) is 17.9 Å². The monoisotopic (exact) mass is 163 g/mol. The zero-order chi connectivity index (χ0) is 8.36. The van der Waals surface area contributed by atoms with Gasteiger partial charge in [-0.3, -0.25) is 5.32 Å². The van der Waals surface area contributed by atoms with Crippen molar-refractivity contribution in [1.29, 1.82) is 0 Å². The van der Waals surface area contributed by atoms with Crippen LogP contribution in [0.1, 0.15) is 20.8 Å². The van der Waals surface area contributed by atoms with Gasteiger partial charge in [-0.2, -0.15) is 12.6 Å². The molecule has 0 fully saturated rings. The molecule has 2 unspecified atom stereocenters. The van der Waals surface area contributed by atoms with Gasteiger partial charge in [0.25, 0.3) is 0 Å². The van der Waals surface area contributed by atoms with Crippen molar-refractivity contribution in [3.05, 3.63) is 0 Å². The molecule has 10 heavy (non-hydrogen) atoms. The second-order valence-corrected chi connectivity index (χ2v) is 4.04. The van der Waals surface area contributed by atoms with Crippen LogP contribution < -0.4 is 5.32 Å². The van der Waals surface area contributed by atoms with Crippen LogP contribution in [-0.2, 0) is 0 Å². The molecule has 0 aromatic rings. The van der Waals surface area contributed by atoms with Gasteiger partial charge in [0.2, 0.25) is 0 Å². The van der Waals surface area contributed by atoms with E-state index in [-0.39, 0.29) is 4.75 Å². The second kappa shape index (κ2) is 3.60. The zero-order valence-corrected chi connectivity index (χ0v) is 7.94. The first kappa shape index (κ1) is 10.3. The molecule has 62 valence electrons. The summed E-state index contributed by atoms with van der Waals surface area (Å²) in [4.78, 5) is 0. The van der Waals surface area contributed by atoms with E-state index in [0.717, 1.165) is 0 Å². The Balaban J connectivity index is 4.09. The number of hydrogen-bond acceptors (Lipinski definition) is 3. The Morgan fingerprint density at radius 1 is 1.50 bits per heavy atom. The molecule has 0 rings (SSSR count).